The van der Waals surface area contributed by atoms with Gasteiger partial charge >= 0.3 is 0 Å². The van der Waals surface area contributed by atoms with Crippen LogP contribution in [-0.4, -0.2) is 34.1 Å². The first-order chi connectivity index (χ1) is 7.09. The average molecular weight is 211 g/mol. The minimum absolute atomic E-state index is 0.265. The summed E-state index contributed by atoms with van der Waals surface area (Å²) >= 11 is 0. The highest BCUT2D eigenvalue weighted by Gasteiger charge is 2.00. The Labute approximate surface area is 91.3 Å². The molecule has 0 amide bonds. The van der Waals surface area contributed by atoms with Gasteiger partial charge in [0.25, 0.3) is 0 Å². The van der Waals surface area contributed by atoms with E-state index in [1.165, 1.54) is 5.69 Å². The highest BCUT2D eigenvalue weighted by atomic mass is 16.3. The summed E-state index contributed by atoms with van der Waals surface area (Å²) in [5, 5.41) is 16.6. The van der Waals surface area contributed by atoms with Crippen LogP contribution in [0, 0.1) is 13.8 Å². The molecule has 0 saturated heterocycles. The SMILES string of the molecule is Cc1cc(C)n(CCCNCC(C)O)n1. The molecule has 4 heteroatoms. The summed E-state index contributed by atoms with van der Waals surface area (Å²) in [6.07, 6.45) is 0.771. The molecule has 0 aliphatic heterocycles. The zero-order chi connectivity index (χ0) is 11.3. The topological polar surface area (TPSA) is 50.1 Å². The molecule has 0 fully saturated rings. The van der Waals surface area contributed by atoms with E-state index in [1.807, 2.05) is 11.6 Å². The molecule has 0 radical (unpaired) electrons. The molecule has 0 saturated carbocycles. The van der Waals surface area contributed by atoms with Crippen molar-refractivity contribution in [3.05, 3.63) is 17.5 Å². The van der Waals surface area contributed by atoms with Gasteiger partial charge in [-0.25, -0.2) is 0 Å². The first kappa shape index (κ1) is 12.2. The lowest BCUT2D eigenvalue weighted by molar-refractivity contribution is 0.191. The number of aliphatic hydroxyl groups excluding tert-OH is 1. The maximum Gasteiger partial charge on any atom is 0.0636 e. The number of rotatable bonds is 6. The lowest BCUT2D eigenvalue weighted by atomic mass is 10.3. The molecule has 0 spiro atoms. The molecule has 2 N–H and O–H groups in total. The van der Waals surface area contributed by atoms with E-state index >= 15 is 0 Å². The van der Waals surface area contributed by atoms with E-state index in [9.17, 15) is 0 Å². The van der Waals surface area contributed by atoms with Gasteiger partial charge in [-0.05, 0) is 39.8 Å². The second-order valence-electron chi connectivity index (χ2n) is 4.06. The number of aryl methyl sites for hydroxylation is 3. The third kappa shape index (κ3) is 4.44. The van der Waals surface area contributed by atoms with Crippen molar-refractivity contribution in [3.8, 4) is 0 Å². The van der Waals surface area contributed by atoms with Crippen molar-refractivity contribution in [1.29, 1.82) is 0 Å². The quantitative estimate of drug-likeness (QED) is 0.686. The summed E-state index contributed by atoms with van der Waals surface area (Å²) in [5.41, 5.74) is 2.28. The van der Waals surface area contributed by atoms with Crippen molar-refractivity contribution in [2.24, 2.45) is 0 Å². The molecule has 0 aliphatic rings. The minimum Gasteiger partial charge on any atom is -0.392 e. The fourth-order valence-electron chi connectivity index (χ4n) is 1.57. The Morgan fingerprint density at radius 1 is 1.53 bits per heavy atom. The average Bonchev–Trinajstić information content (AvgIpc) is 2.44. The van der Waals surface area contributed by atoms with Gasteiger partial charge in [-0.1, -0.05) is 0 Å². The smallest absolute Gasteiger partial charge is 0.0636 e. The molecule has 0 aromatic carbocycles. The van der Waals surface area contributed by atoms with E-state index in [2.05, 4.69) is 23.4 Å². The van der Waals surface area contributed by atoms with Crippen LogP contribution in [0.1, 0.15) is 24.7 Å². The highest BCUT2D eigenvalue weighted by molar-refractivity contribution is 5.06. The summed E-state index contributed by atoms with van der Waals surface area (Å²) in [7, 11) is 0. The fraction of sp³-hybridized carbons (Fsp3) is 0.727. The Balaban J connectivity index is 2.17. The van der Waals surface area contributed by atoms with Crippen molar-refractivity contribution in [3.63, 3.8) is 0 Å². The van der Waals surface area contributed by atoms with Crippen LogP contribution in [0.2, 0.25) is 0 Å². The van der Waals surface area contributed by atoms with E-state index in [0.29, 0.717) is 6.54 Å². The van der Waals surface area contributed by atoms with Gasteiger partial charge in [0.1, 0.15) is 0 Å². The molecule has 15 heavy (non-hydrogen) atoms. The predicted octanol–water partition coefficient (Wildman–Crippen LogP) is 0.860. The zero-order valence-electron chi connectivity index (χ0n) is 9.82. The molecule has 4 nitrogen and oxygen atoms in total. The number of nitrogens with one attached hydrogen (secondary N) is 1. The summed E-state index contributed by atoms with van der Waals surface area (Å²) < 4.78 is 2.03. The van der Waals surface area contributed by atoms with Crippen LogP contribution in [0.15, 0.2) is 6.07 Å². The second kappa shape index (κ2) is 5.88. The number of nitrogens with zero attached hydrogens (tertiary/aromatic N) is 2. The van der Waals surface area contributed by atoms with Crippen LogP contribution >= 0.6 is 0 Å². The Hall–Kier alpha value is -0.870. The number of hydrogen-bond donors (Lipinski definition) is 2. The van der Waals surface area contributed by atoms with Gasteiger partial charge in [0.05, 0.1) is 11.8 Å². The first-order valence-corrected chi connectivity index (χ1v) is 5.49. The standard InChI is InChI=1S/C11H21N3O/c1-9-7-10(2)14(13-9)6-4-5-12-8-11(3)15/h7,11-12,15H,4-6,8H2,1-3H3. The third-order valence-corrected chi connectivity index (χ3v) is 2.27. The molecule has 1 rings (SSSR count). The van der Waals surface area contributed by atoms with Crippen LogP contribution in [-0.2, 0) is 6.54 Å². The van der Waals surface area contributed by atoms with Crippen LogP contribution in [0.25, 0.3) is 0 Å². The predicted molar refractivity (Wildman–Crippen MR) is 60.9 cm³/mol. The largest absolute Gasteiger partial charge is 0.392 e. The van der Waals surface area contributed by atoms with E-state index < -0.39 is 0 Å². The molecular formula is C11H21N3O. The summed E-state index contributed by atoms with van der Waals surface area (Å²) in [4.78, 5) is 0. The molecule has 1 aromatic heterocycles. The number of hydrogen-bond acceptors (Lipinski definition) is 3. The summed E-state index contributed by atoms with van der Waals surface area (Å²) in [6, 6.07) is 2.09. The summed E-state index contributed by atoms with van der Waals surface area (Å²) in [5.74, 6) is 0. The maximum absolute atomic E-state index is 9.04. The highest BCUT2D eigenvalue weighted by Crippen LogP contribution is 2.01. The third-order valence-electron chi connectivity index (χ3n) is 2.27. The van der Waals surface area contributed by atoms with Gasteiger partial charge in [-0.3, -0.25) is 4.68 Å². The molecule has 1 aromatic rings. The lowest BCUT2D eigenvalue weighted by Crippen LogP contribution is -2.26. The lowest BCUT2D eigenvalue weighted by Gasteiger charge is -2.07. The van der Waals surface area contributed by atoms with Gasteiger partial charge in [0.2, 0.25) is 0 Å². The Morgan fingerprint density at radius 2 is 2.27 bits per heavy atom. The van der Waals surface area contributed by atoms with Crippen LogP contribution in [0.3, 0.4) is 0 Å². The monoisotopic (exact) mass is 211 g/mol. The fourth-order valence-corrected chi connectivity index (χ4v) is 1.57. The van der Waals surface area contributed by atoms with Crippen molar-refractivity contribution in [2.45, 2.75) is 39.8 Å². The van der Waals surface area contributed by atoms with Crippen molar-refractivity contribution in [2.75, 3.05) is 13.1 Å². The van der Waals surface area contributed by atoms with Gasteiger partial charge in [0.15, 0.2) is 0 Å². The zero-order valence-corrected chi connectivity index (χ0v) is 9.82. The molecular weight excluding hydrogens is 190 g/mol. The van der Waals surface area contributed by atoms with E-state index in [-0.39, 0.29) is 6.10 Å². The molecule has 1 atom stereocenters. The van der Waals surface area contributed by atoms with Crippen molar-refractivity contribution in [1.82, 2.24) is 15.1 Å². The van der Waals surface area contributed by atoms with Gasteiger partial charge < -0.3 is 10.4 Å². The Kier molecular flexibility index (Phi) is 4.78. The Bertz CT molecular complexity index is 294. The molecule has 1 unspecified atom stereocenters. The van der Waals surface area contributed by atoms with E-state index in [1.54, 1.807) is 6.92 Å². The number of aliphatic hydroxyl groups is 1. The normalized spacial score (nSPS) is 13.1. The summed E-state index contributed by atoms with van der Waals surface area (Å²) in [6.45, 7) is 8.39. The minimum atomic E-state index is -0.265. The van der Waals surface area contributed by atoms with Gasteiger partial charge in [0, 0.05) is 18.8 Å². The van der Waals surface area contributed by atoms with Crippen LogP contribution < -0.4 is 5.32 Å². The molecule has 86 valence electrons. The molecule has 1 heterocycles. The van der Waals surface area contributed by atoms with Crippen LogP contribution in [0.5, 0.6) is 0 Å². The second-order valence-corrected chi connectivity index (χ2v) is 4.06. The maximum atomic E-state index is 9.04. The van der Waals surface area contributed by atoms with Gasteiger partial charge in [-0.2, -0.15) is 5.10 Å². The molecule has 0 aliphatic carbocycles. The van der Waals surface area contributed by atoms with Crippen molar-refractivity contribution >= 4 is 0 Å². The Morgan fingerprint density at radius 3 is 2.80 bits per heavy atom. The van der Waals surface area contributed by atoms with E-state index in [0.717, 1.165) is 25.2 Å². The van der Waals surface area contributed by atoms with Crippen LogP contribution in [0.4, 0.5) is 0 Å². The number of aromatic nitrogens is 2. The first-order valence-electron chi connectivity index (χ1n) is 5.49. The van der Waals surface area contributed by atoms with E-state index in [4.69, 9.17) is 5.11 Å². The van der Waals surface area contributed by atoms with Gasteiger partial charge in [-0.15, -0.1) is 0 Å². The molecule has 0 bridgehead atoms. The van der Waals surface area contributed by atoms with Crippen molar-refractivity contribution < 1.29 is 5.11 Å².